The Kier molecular flexibility index (Phi) is 4.63. The number of hydrogen-bond donors (Lipinski definition) is 1. The van der Waals surface area contributed by atoms with Crippen molar-refractivity contribution in [1.29, 1.82) is 0 Å². The molecule has 0 fully saturated rings. The highest BCUT2D eigenvalue weighted by Gasteiger charge is 2.10. The average molecular weight is 211 g/mol. The van der Waals surface area contributed by atoms with E-state index >= 15 is 0 Å². The van der Waals surface area contributed by atoms with E-state index in [4.69, 9.17) is 0 Å². The van der Waals surface area contributed by atoms with Gasteiger partial charge in [-0.1, -0.05) is 20.8 Å². The van der Waals surface area contributed by atoms with Crippen LogP contribution in [-0.2, 0) is 6.54 Å². The van der Waals surface area contributed by atoms with Crippen molar-refractivity contribution >= 4 is 11.3 Å². The fourth-order valence-electron chi connectivity index (χ4n) is 1.66. The van der Waals surface area contributed by atoms with Gasteiger partial charge in [0.15, 0.2) is 0 Å². The Bertz CT molecular complexity index is 265. The van der Waals surface area contributed by atoms with E-state index in [0.717, 1.165) is 12.5 Å². The van der Waals surface area contributed by atoms with Crippen molar-refractivity contribution in [2.45, 2.75) is 46.7 Å². The van der Waals surface area contributed by atoms with Gasteiger partial charge in [0, 0.05) is 12.6 Å². The Hall–Kier alpha value is -0.340. The summed E-state index contributed by atoms with van der Waals surface area (Å²) in [6.45, 7) is 10.0. The number of rotatable bonds is 5. The topological polar surface area (TPSA) is 12.0 Å². The number of nitrogens with one attached hydrogen (secondary N) is 1. The van der Waals surface area contributed by atoms with Crippen LogP contribution in [0.5, 0.6) is 0 Å². The maximum absolute atomic E-state index is 3.62. The van der Waals surface area contributed by atoms with E-state index < -0.39 is 0 Å². The molecule has 1 aromatic heterocycles. The molecule has 0 saturated carbocycles. The summed E-state index contributed by atoms with van der Waals surface area (Å²) in [6.07, 6.45) is 1.21. The van der Waals surface area contributed by atoms with E-state index in [0.29, 0.717) is 6.04 Å². The second-order valence-corrected chi connectivity index (χ2v) is 4.96. The van der Waals surface area contributed by atoms with Gasteiger partial charge in [0.1, 0.15) is 0 Å². The van der Waals surface area contributed by atoms with E-state index in [1.165, 1.54) is 17.5 Å². The first-order valence-corrected chi connectivity index (χ1v) is 6.34. The summed E-state index contributed by atoms with van der Waals surface area (Å²) < 4.78 is 0. The Labute approximate surface area is 91.5 Å². The summed E-state index contributed by atoms with van der Waals surface area (Å²) in [5.41, 5.74) is 2.87. The molecule has 0 aromatic carbocycles. The van der Waals surface area contributed by atoms with Crippen LogP contribution in [0.3, 0.4) is 0 Å². The SMILES string of the molecule is CCC(NCc1cscc1C)C(C)C. The summed E-state index contributed by atoms with van der Waals surface area (Å²) in [6, 6.07) is 0.648. The van der Waals surface area contributed by atoms with E-state index in [9.17, 15) is 0 Å². The van der Waals surface area contributed by atoms with E-state index in [1.807, 2.05) is 0 Å². The summed E-state index contributed by atoms with van der Waals surface area (Å²) in [5.74, 6) is 0.721. The van der Waals surface area contributed by atoms with Gasteiger partial charge in [-0.2, -0.15) is 11.3 Å². The summed E-state index contributed by atoms with van der Waals surface area (Å²) in [4.78, 5) is 0. The lowest BCUT2D eigenvalue weighted by molar-refractivity contribution is 0.387. The molecular weight excluding hydrogens is 190 g/mol. The lowest BCUT2D eigenvalue weighted by Crippen LogP contribution is -2.32. The van der Waals surface area contributed by atoms with Crippen molar-refractivity contribution in [2.24, 2.45) is 5.92 Å². The van der Waals surface area contributed by atoms with Crippen LogP contribution in [0.1, 0.15) is 38.3 Å². The molecule has 1 rings (SSSR count). The van der Waals surface area contributed by atoms with Crippen LogP contribution in [0.25, 0.3) is 0 Å². The van der Waals surface area contributed by atoms with Gasteiger partial charge in [-0.3, -0.25) is 0 Å². The predicted octanol–water partition coefficient (Wildman–Crippen LogP) is 3.58. The van der Waals surface area contributed by atoms with Gasteiger partial charge in [-0.25, -0.2) is 0 Å². The molecule has 80 valence electrons. The fraction of sp³-hybridized carbons (Fsp3) is 0.667. The Balaban J connectivity index is 2.43. The van der Waals surface area contributed by atoms with Crippen LogP contribution in [0.15, 0.2) is 10.8 Å². The molecule has 1 atom stereocenters. The molecule has 0 aliphatic rings. The molecule has 1 heterocycles. The number of aryl methyl sites for hydroxylation is 1. The lowest BCUT2D eigenvalue weighted by atomic mass is 10.0. The van der Waals surface area contributed by atoms with Crippen molar-refractivity contribution in [3.63, 3.8) is 0 Å². The second kappa shape index (κ2) is 5.52. The first kappa shape index (κ1) is 11.7. The summed E-state index contributed by atoms with van der Waals surface area (Å²) in [5, 5.41) is 8.08. The number of thiophene rings is 1. The summed E-state index contributed by atoms with van der Waals surface area (Å²) >= 11 is 1.79. The van der Waals surface area contributed by atoms with Gasteiger partial charge >= 0.3 is 0 Å². The maximum atomic E-state index is 3.62. The predicted molar refractivity (Wildman–Crippen MR) is 64.8 cm³/mol. The van der Waals surface area contributed by atoms with Crippen LogP contribution in [0.4, 0.5) is 0 Å². The quantitative estimate of drug-likeness (QED) is 0.785. The molecule has 0 amide bonds. The zero-order valence-electron chi connectivity index (χ0n) is 9.63. The molecule has 0 radical (unpaired) electrons. The van der Waals surface area contributed by atoms with Crippen molar-refractivity contribution in [2.75, 3.05) is 0 Å². The Morgan fingerprint density at radius 3 is 2.50 bits per heavy atom. The first-order valence-electron chi connectivity index (χ1n) is 5.40. The lowest BCUT2D eigenvalue weighted by Gasteiger charge is -2.20. The molecule has 1 aromatic rings. The van der Waals surface area contributed by atoms with Gasteiger partial charge in [0.05, 0.1) is 0 Å². The van der Waals surface area contributed by atoms with Gasteiger partial charge in [-0.05, 0) is 41.1 Å². The highest BCUT2D eigenvalue weighted by Crippen LogP contribution is 2.14. The van der Waals surface area contributed by atoms with Gasteiger partial charge in [0.25, 0.3) is 0 Å². The fourth-order valence-corrected chi connectivity index (χ4v) is 2.52. The highest BCUT2D eigenvalue weighted by molar-refractivity contribution is 7.08. The third kappa shape index (κ3) is 3.10. The molecule has 0 saturated heterocycles. The molecule has 0 aliphatic heterocycles. The normalized spacial score (nSPS) is 13.5. The zero-order valence-corrected chi connectivity index (χ0v) is 10.4. The van der Waals surface area contributed by atoms with E-state index in [-0.39, 0.29) is 0 Å². The molecule has 1 nitrogen and oxygen atoms in total. The average Bonchev–Trinajstić information content (AvgIpc) is 2.52. The molecule has 0 spiro atoms. The third-order valence-electron chi connectivity index (χ3n) is 2.76. The van der Waals surface area contributed by atoms with Crippen LogP contribution in [0.2, 0.25) is 0 Å². The van der Waals surface area contributed by atoms with E-state index in [1.54, 1.807) is 11.3 Å². The van der Waals surface area contributed by atoms with Gasteiger partial charge in [0.2, 0.25) is 0 Å². The van der Waals surface area contributed by atoms with Crippen molar-refractivity contribution in [3.05, 3.63) is 21.9 Å². The highest BCUT2D eigenvalue weighted by atomic mass is 32.1. The van der Waals surface area contributed by atoms with Gasteiger partial charge < -0.3 is 5.32 Å². The standard InChI is InChI=1S/C12H21NS/c1-5-12(9(2)3)13-6-11-8-14-7-10(11)4/h7-9,12-13H,5-6H2,1-4H3. The molecule has 2 heteroatoms. The first-order chi connectivity index (χ1) is 6.65. The van der Waals surface area contributed by atoms with Crippen LogP contribution >= 0.6 is 11.3 Å². The molecule has 14 heavy (non-hydrogen) atoms. The summed E-state index contributed by atoms with van der Waals surface area (Å²) in [7, 11) is 0. The monoisotopic (exact) mass is 211 g/mol. The van der Waals surface area contributed by atoms with Crippen LogP contribution in [0, 0.1) is 12.8 Å². The largest absolute Gasteiger partial charge is 0.310 e. The third-order valence-corrected chi connectivity index (χ3v) is 3.67. The minimum atomic E-state index is 0.648. The van der Waals surface area contributed by atoms with Crippen molar-refractivity contribution in [1.82, 2.24) is 5.32 Å². The Morgan fingerprint density at radius 2 is 2.07 bits per heavy atom. The molecule has 1 N–H and O–H groups in total. The molecule has 0 bridgehead atoms. The minimum absolute atomic E-state index is 0.648. The molecular formula is C12H21NS. The number of hydrogen-bond acceptors (Lipinski definition) is 2. The maximum Gasteiger partial charge on any atom is 0.0219 e. The van der Waals surface area contributed by atoms with E-state index in [2.05, 4.69) is 43.8 Å². The smallest absolute Gasteiger partial charge is 0.0219 e. The second-order valence-electron chi connectivity index (χ2n) is 4.22. The van der Waals surface area contributed by atoms with Gasteiger partial charge in [-0.15, -0.1) is 0 Å². The minimum Gasteiger partial charge on any atom is -0.310 e. The zero-order chi connectivity index (χ0) is 10.6. The van der Waals surface area contributed by atoms with Crippen LogP contribution < -0.4 is 5.32 Å². The Morgan fingerprint density at radius 1 is 1.36 bits per heavy atom. The van der Waals surface area contributed by atoms with Crippen LogP contribution in [-0.4, -0.2) is 6.04 Å². The molecule has 0 aliphatic carbocycles. The van der Waals surface area contributed by atoms with Crippen molar-refractivity contribution < 1.29 is 0 Å². The molecule has 1 unspecified atom stereocenters. The van der Waals surface area contributed by atoms with Crippen molar-refractivity contribution in [3.8, 4) is 0 Å².